The highest BCUT2D eigenvalue weighted by molar-refractivity contribution is 6.30. The Kier molecular flexibility index (Phi) is 6.17. The number of likely N-dealkylation sites (tertiary alicyclic amines) is 1. The van der Waals surface area contributed by atoms with Crippen molar-refractivity contribution in [2.24, 2.45) is 5.92 Å². The summed E-state index contributed by atoms with van der Waals surface area (Å²) in [5, 5.41) is 0.706. The van der Waals surface area contributed by atoms with Gasteiger partial charge in [-0.2, -0.15) is 0 Å². The fourth-order valence-corrected chi connectivity index (χ4v) is 3.68. The number of carbonyl (C=O) groups excluding carboxylic acids is 2. The van der Waals surface area contributed by atoms with Crippen molar-refractivity contribution in [2.45, 2.75) is 26.7 Å². The Morgan fingerprint density at radius 1 is 1.22 bits per heavy atom. The maximum atomic E-state index is 13.0. The molecule has 3 rings (SSSR count). The largest absolute Gasteiger partial charge is 0.342 e. The second kappa shape index (κ2) is 8.57. The van der Waals surface area contributed by atoms with Crippen molar-refractivity contribution in [1.29, 1.82) is 0 Å². The summed E-state index contributed by atoms with van der Waals surface area (Å²) in [5.41, 5.74) is 3.15. The van der Waals surface area contributed by atoms with Gasteiger partial charge in [-0.25, -0.2) is 0 Å². The van der Waals surface area contributed by atoms with Gasteiger partial charge < -0.3 is 9.80 Å². The predicted molar refractivity (Wildman–Crippen MR) is 109 cm³/mol. The molecule has 1 aliphatic heterocycles. The number of carbonyl (C=O) groups is 2. The molecule has 0 aliphatic carbocycles. The summed E-state index contributed by atoms with van der Waals surface area (Å²) in [7, 11) is 0. The lowest BCUT2D eigenvalue weighted by atomic mass is 10.1. The van der Waals surface area contributed by atoms with Gasteiger partial charge in [-0.1, -0.05) is 35.9 Å². The molecule has 0 saturated carbocycles. The van der Waals surface area contributed by atoms with Crippen LogP contribution >= 0.6 is 11.6 Å². The zero-order chi connectivity index (χ0) is 19.4. The number of halogens is 1. The highest BCUT2D eigenvalue weighted by atomic mass is 35.5. The number of rotatable bonds is 6. The van der Waals surface area contributed by atoms with Gasteiger partial charge in [0.25, 0.3) is 0 Å². The van der Waals surface area contributed by atoms with Crippen LogP contribution in [0.5, 0.6) is 0 Å². The van der Waals surface area contributed by atoms with Crippen molar-refractivity contribution in [2.75, 3.05) is 24.5 Å². The van der Waals surface area contributed by atoms with Crippen LogP contribution in [0.2, 0.25) is 5.02 Å². The molecule has 1 aliphatic rings. The highest BCUT2D eigenvalue weighted by Gasteiger charge is 2.36. The minimum Gasteiger partial charge on any atom is -0.342 e. The number of hydrogen-bond donors (Lipinski definition) is 0. The van der Waals surface area contributed by atoms with E-state index in [-0.39, 0.29) is 17.7 Å². The van der Waals surface area contributed by atoms with Crippen LogP contribution in [0.3, 0.4) is 0 Å². The maximum absolute atomic E-state index is 13.0. The van der Waals surface area contributed by atoms with E-state index in [4.69, 9.17) is 11.6 Å². The molecule has 5 heteroatoms. The highest BCUT2D eigenvalue weighted by Crippen LogP contribution is 2.24. The minimum atomic E-state index is -0.275. The molecule has 1 saturated heterocycles. The predicted octanol–water partition coefficient (Wildman–Crippen LogP) is 4.09. The molecule has 4 nitrogen and oxygen atoms in total. The summed E-state index contributed by atoms with van der Waals surface area (Å²) in [5.74, 6) is -0.184. The smallest absolute Gasteiger partial charge is 0.232 e. The first-order valence-corrected chi connectivity index (χ1v) is 9.76. The van der Waals surface area contributed by atoms with E-state index in [1.54, 1.807) is 9.80 Å². The second-order valence-electron chi connectivity index (χ2n) is 7.04. The zero-order valence-corrected chi connectivity index (χ0v) is 16.6. The molecule has 2 amide bonds. The van der Waals surface area contributed by atoms with Crippen molar-refractivity contribution in [1.82, 2.24) is 4.90 Å². The Morgan fingerprint density at radius 2 is 1.96 bits per heavy atom. The van der Waals surface area contributed by atoms with Crippen molar-refractivity contribution in [3.8, 4) is 0 Å². The molecule has 1 atom stereocenters. The molecule has 2 aromatic rings. The molecule has 0 spiro atoms. The van der Waals surface area contributed by atoms with Crippen LogP contribution in [0, 0.1) is 12.8 Å². The van der Waals surface area contributed by atoms with E-state index in [9.17, 15) is 9.59 Å². The number of hydrogen-bond acceptors (Lipinski definition) is 2. The fraction of sp³-hybridized carbons (Fsp3) is 0.364. The number of nitrogens with zero attached hydrogens (tertiary/aromatic N) is 2. The Bertz CT molecular complexity index is 819. The van der Waals surface area contributed by atoms with Gasteiger partial charge in [-0.05, 0) is 55.7 Å². The zero-order valence-electron chi connectivity index (χ0n) is 15.8. The van der Waals surface area contributed by atoms with Gasteiger partial charge >= 0.3 is 0 Å². The summed E-state index contributed by atoms with van der Waals surface area (Å²) in [6.45, 7) is 5.70. The number of anilines is 1. The van der Waals surface area contributed by atoms with Crippen molar-refractivity contribution in [3.63, 3.8) is 0 Å². The first kappa shape index (κ1) is 19.4. The molecule has 1 heterocycles. The van der Waals surface area contributed by atoms with E-state index in [0.717, 1.165) is 23.2 Å². The lowest BCUT2D eigenvalue weighted by molar-refractivity contribution is -0.128. The Hall–Kier alpha value is -2.33. The molecule has 0 radical (unpaired) electrons. The summed E-state index contributed by atoms with van der Waals surface area (Å²) in [6.07, 6.45) is 1.06. The molecule has 0 aromatic heterocycles. The van der Waals surface area contributed by atoms with Gasteiger partial charge in [0.15, 0.2) is 0 Å². The van der Waals surface area contributed by atoms with E-state index >= 15 is 0 Å². The molecular formula is C22H25ClN2O2. The van der Waals surface area contributed by atoms with E-state index in [0.29, 0.717) is 31.1 Å². The number of aryl methyl sites for hydroxylation is 1. The molecular weight excluding hydrogens is 360 g/mol. The van der Waals surface area contributed by atoms with Crippen LogP contribution in [-0.4, -0.2) is 36.3 Å². The molecule has 0 N–H and O–H groups in total. The number of amides is 2. The van der Waals surface area contributed by atoms with Gasteiger partial charge in [0.2, 0.25) is 11.8 Å². The van der Waals surface area contributed by atoms with Gasteiger partial charge in [-0.3, -0.25) is 9.59 Å². The average molecular weight is 385 g/mol. The monoisotopic (exact) mass is 384 g/mol. The van der Waals surface area contributed by atoms with Gasteiger partial charge in [0.1, 0.15) is 0 Å². The fourth-order valence-electron chi connectivity index (χ4n) is 3.55. The Balaban J connectivity index is 1.63. The van der Waals surface area contributed by atoms with Crippen LogP contribution in [0.1, 0.15) is 24.5 Å². The van der Waals surface area contributed by atoms with Gasteiger partial charge in [0, 0.05) is 36.8 Å². The molecule has 1 fully saturated rings. The van der Waals surface area contributed by atoms with Gasteiger partial charge in [-0.15, -0.1) is 0 Å². The molecule has 0 bridgehead atoms. The van der Waals surface area contributed by atoms with Crippen LogP contribution < -0.4 is 4.90 Å². The van der Waals surface area contributed by atoms with Crippen LogP contribution in [0.15, 0.2) is 48.5 Å². The second-order valence-corrected chi connectivity index (χ2v) is 7.48. The summed E-state index contributed by atoms with van der Waals surface area (Å²) in [4.78, 5) is 29.0. The van der Waals surface area contributed by atoms with E-state index in [1.165, 1.54) is 0 Å². The number of benzene rings is 2. The first-order valence-electron chi connectivity index (χ1n) is 9.38. The van der Waals surface area contributed by atoms with Crippen LogP contribution in [-0.2, 0) is 16.0 Å². The third kappa shape index (κ3) is 4.69. The third-order valence-electron chi connectivity index (χ3n) is 5.04. The summed E-state index contributed by atoms with van der Waals surface area (Å²) >= 11 is 5.91. The van der Waals surface area contributed by atoms with E-state index in [2.05, 4.69) is 0 Å². The van der Waals surface area contributed by atoms with Gasteiger partial charge in [0.05, 0.1) is 5.92 Å². The first-order chi connectivity index (χ1) is 13.0. The normalized spacial score (nSPS) is 16.6. The molecule has 1 unspecified atom stereocenters. The average Bonchev–Trinajstić information content (AvgIpc) is 3.03. The van der Waals surface area contributed by atoms with Crippen molar-refractivity contribution in [3.05, 3.63) is 64.7 Å². The molecule has 2 aromatic carbocycles. The standard InChI is InChI=1S/C22H25ClN2O2/c1-3-25(20-6-4-5-16(2)13-20)22(27)18-14-21(26)24(15-18)12-11-17-7-9-19(23)10-8-17/h4-10,13,18H,3,11-12,14-15H2,1-2H3. The SMILES string of the molecule is CCN(C(=O)C1CC(=O)N(CCc2ccc(Cl)cc2)C1)c1cccc(C)c1. The summed E-state index contributed by atoms with van der Waals surface area (Å²) < 4.78 is 0. The lowest BCUT2D eigenvalue weighted by Gasteiger charge is -2.24. The summed E-state index contributed by atoms with van der Waals surface area (Å²) in [6, 6.07) is 15.6. The van der Waals surface area contributed by atoms with Crippen molar-refractivity contribution < 1.29 is 9.59 Å². The molecule has 142 valence electrons. The lowest BCUT2D eigenvalue weighted by Crippen LogP contribution is -2.37. The molecule has 27 heavy (non-hydrogen) atoms. The Labute approximate surface area is 165 Å². The van der Waals surface area contributed by atoms with E-state index < -0.39 is 0 Å². The minimum absolute atomic E-state index is 0.0328. The quantitative estimate of drug-likeness (QED) is 0.752. The maximum Gasteiger partial charge on any atom is 0.232 e. The third-order valence-corrected chi connectivity index (χ3v) is 5.29. The van der Waals surface area contributed by atoms with E-state index in [1.807, 2.05) is 62.4 Å². The van der Waals surface area contributed by atoms with Crippen LogP contribution in [0.4, 0.5) is 5.69 Å². The van der Waals surface area contributed by atoms with Crippen molar-refractivity contribution >= 4 is 29.1 Å². The topological polar surface area (TPSA) is 40.6 Å². The van der Waals surface area contributed by atoms with Crippen LogP contribution in [0.25, 0.3) is 0 Å². The Morgan fingerprint density at radius 3 is 2.63 bits per heavy atom.